The Morgan fingerprint density at radius 2 is 2.00 bits per heavy atom. The van der Waals surface area contributed by atoms with E-state index in [0.717, 1.165) is 11.8 Å². The lowest BCUT2D eigenvalue weighted by molar-refractivity contribution is -0.109. The summed E-state index contributed by atoms with van der Waals surface area (Å²) in [5.74, 6) is 0.293. The fourth-order valence-corrected chi connectivity index (χ4v) is 1.90. The van der Waals surface area contributed by atoms with Crippen LogP contribution in [0.1, 0.15) is 13.3 Å². The van der Waals surface area contributed by atoms with Gasteiger partial charge in [-0.15, -0.1) is 0 Å². The number of thioether (sulfide) groups is 1. The highest BCUT2D eigenvalue weighted by atomic mass is 32.2. The van der Waals surface area contributed by atoms with E-state index < -0.39 is 15.1 Å². The fraction of sp³-hybridized carbons (Fsp3) is 0.800. The first-order valence-electron chi connectivity index (χ1n) is 3.12. The molecule has 0 saturated carbocycles. The Labute approximate surface area is 68.9 Å². The van der Waals surface area contributed by atoms with Gasteiger partial charge in [0.25, 0.3) is 0 Å². The maximum absolute atomic E-state index is 11.6. The van der Waals surface area contributed by atoms with Gasteiger partial charge in [0.15, 0.2) is 5.12 Å². The van der Waals surface area contributed by atoms with Crippen LogP contribution in [-0.4, -0.2) is 19.9 Å². The molecule has 0 radical (unpaired) electrons. The van der Waals surface area contributed by atoms with Crippen LogP contribution in [0.4, 0.5) is 12.3 Å². The first-order chi connectivity index (χ1) is 4.92. The van der Waals surface area contributed by atoms with Crippen LogP contribution in [0.25, 0.3) is 0 Å². The molecule has 0 aliphatic rings. The molecule has 0 atom stereocenters. The van der Waals surface area contributed by atoms with Crippen LogP contribution in [0.15, 0.2) is 0 Å². The third kappa shape index (κ3) is 10.0. The van der Waals surface area contributed by atoms with Gasteiger partial charge in [-0.2, -0.15) is 0 Å². The molecule has 0 unspecified atom stereocenters. The molecule has 1 nitrogen and oxygen atoms in total. The van der Waals surface area contributed by atoms with E-state index in [2.05, 4.69) is 0 Å². The molecule has 0 fully saturated rings. The summed E-state index contributed by atoms with van der Waals surface area (Å²) in [6.45, 7) is 1.36. The number of rotatable bonds is 4. The van der Waals surface area contributed by atoms with Crippen molar-refractivity contribution < 1.29 is 17.1 Å². The summed E-state index contributed by atoms with van der Waals surface area (Å²) in [7, 11) is -5.35. The van der Waals surface area contributed by atoms with Crippen LogP contribution in [0.3, 0.4) is 0 Å². The van der Waals surface area contributed by atoms with Gasteiger partial charge in [0.2, 0.25) is 0 Å². The molecule has 0 bridgehead atoms. The van der Waals surface area contributed by atoms with Crippen LogP contribution in [0.5, 0.6) is 0 Å². The largest absolute Gasteiger partial charge is 0.616 e. The van der Waals surface area contributed by atoms with Crippen molar-refractivity contribution in [1.29, 1.82) is 0 Å². The molecule has 0 heterocycles. The van der Waals surface area contributed by atoms with Crippen molar-refractivity contribution in [3.8, 4) is 0 Å². The number of carbonyl (C=O) groups is 1. The van der Waals surface area contributed by atoms with Crippen molar-refractivity contribution in [2.45, 2.75) is 19.4 Å². The molecule has 0 amide bonds. The highest BCUT2D eigenvalue weighted by Crippen LogP contribution is 2.18. The smallest absolute Gasteiger partial charge is 0.288 e. The maximum atomic E-state index is 11.6. The Morgan fingerprint density at radius 1 is 1.45 bits per heavy atom. The highest BCUT2D eigenvalue weighted by molar-refractivity contribution is 8.13. The standard InChI is InChI=1S/C5H9F3OSSi/c1-5(9)10-3-2-4-11(6,7)8/h2-4H2,1H3. The average molecular weight is 202 g/mol. The van der Waals surface area contributed by atoms with Crippen LogP contribution < -0.4 is 0 Å². The van der Waals surface area contributed by atoms with Crippen LogP contribution >= 0.6 is 11.8 Å². The second kappa shape index (κ2) is 4.81. The molecule has 0 aliphatic heterocycles. The Hall–Kier alpha value is 0.0269. The summed E-state index contributed by atoms with van der Waals surface area (Å²) in [5.41, 5.74) is 0. The van der Waals surface area contributed by atoms with E-state index in [4.69, 9.17) is 0 Å². The van der Waals surface area contributed by atoms with E-state index in [1.807, 2.05) is 0 Å². The SMILES string of the molecule is CC(=O)SCCC[Si](F)(F)F. The summed E-state index contributed by atoms with van der Waals surface area (Å²) in [4.78, 5) is 10.3. The van der Waals surface area contributed by atoms with Gasteiger partial charge in [-0.05, 0) is 6.42 Å². The van der Waals surface area contributed by atoms with E-state index in [1.54, 1.807) is 0 Å². The second-order valence-electron chi connectivity index (χ2n) is 2.06. The second-order valence-corrected chi connectivity index (χ2v) is 5.06. The first-order valence-corrected chi connectivity index (χ1v) is 5.94. The number of halogens is 3. The van der Waals surface area contributed by atoms with Crippen molar-refractivity contribution in [2.24, 2.45) is 0 Å². The summed E-state index contributed by atoms with van der Waals surface area (Å²) >= 11 is 0.955. The molecule has 66 valence electrons. The van der Waals surface area contributed by atoms with Crippen molar-refractivity contribution in [2.75, 3.05) is 5.75 Å². The van der Waals surface area contributed by atoms with E-state index in [0.29, 0.717) is 5.75 Å². The average Bonchev–Trinajstić information content (AvgIpc) is 1.78. The number of hydrogen-bond donors (Lipinski definition) is 0. The molecule has 0 saturated heterocycles. The fourth-order valence-electron chi connectivity index (χ4n) is 0.489. The summed E-state index contributed by atoms with van der Waals surface area (Å²) in [5, 5.41) is -0.117. The molecular weight excluding hydrogens is 193 g/mol. The number of hydrogen-bond acceptors (Lipinski definition) is 2. The van der Waals surface area contributed by atoms with Crippen molar-refractivity contribution >= 4 is 26.0 Å². The molecule has 6 heteroatoms. The molecular formula is C5H9F3OSSi. The lowest BCUT2D eigenvalue weighted by atomic mass is 10.6. The monoisotopic (exact) mass is 202 g/mol. The highest BCUT2D eigenvalue weighted by Gasteiger charge is 2.35. The zero-order valence-corrected chi connectivity index (χ0v) is 7.89. The van der Waals surface area contributed by atoms with Crippen LogP contribution in [-0.2, 0) is 4.79 Å². The van der Waals surface area contributed by atoms with Crippen LogP contribution in [0, 0.1) is 0 Å². The van der Waals surface area contributed by atoms with E-state index in [9.17, 15) is 17.1 Å². The van der Waals surface area contributed by atoms with Crippen molar-refractivity contribution in [3.63, 3.8) is 0 Å². The van der Waals surface area contributed by atoms with Gasteiger partial charge >= 0.3 is 9.08 Å². The predicted molar refractivity (Wildman–Crippen MR) is 41.6 cm³/mol. The third-order valence-electron chi connectivity index (χ3n) is 0.910. The Bertz CT molecular complexity index is 136. The molecule has 11 heavy (non-hydrogen) atoms. The summed E-state index contributed by atoms with van der Waals surface area (Å²) < 4.78 is 34.9. The zero-order valence-electron chi connectivity index (χ0n) is 6.07. The molecule has 0 aromatic carbocycles. The van der Waals surface area contributed by atoms with Gasteiger partial charge in [-0.3, -0.25) is 4.79 Å². The van der Waals surface area contributed by atoms with Crippen molar-refractivity contribution in [1.82, 2.24) is 0 Å². The van der Waals surface area contributed by atoms with Gasteiger partial charge in [-0.1, -0.05) is 11.8 Å². The first kappa shape index (κ1) is 11.0. The van der Waals surface area contributed by atoms with E-state index >= 15 is 0 Å². The molecule has 0 rings (SSSR count). The minimum absolute atomic E-state index is 0.0833. The summed E-state index contributed by atoms with van der Waals surface area (Å²) in [6.07, 6.45) is 0.0833. The molecule has 0 N–H and O–H groups in total. The van der Waals surface area contributed by atoms with Gasteiger partial charge in [0.1, 0.15) is 0 Å². The summed E-state index contributed by atoms with van der Waals surface area (Å²) in [6, 6.07) is -0.659. The maximum Gasteiger partial charge on any atom is 0.616 e. The van der Waals surface area contributed by atoms with Gasteiger partial charge in [0.05, 0.1) is 0 Å². The van der Waals surface area contributed by atoms with Gasteiger partial charge in [-0.25, -0.2) is 12.3 Å². The number of carbonyl (C=O) groups excluding carboxylic acids is 1. The molecule has 0 aromatic rings. The van der Waals surface area contributed by atoms with Crippen LogP contribution in [0.2, 0.25) is 6.04 Å². The quantitative estimate of drug-likeness (QED) is 0.396. The van der Waals surface area contributed by atoms with Gasteiger partial charge < -0.3 is 0 Å². The lowest BCUT2D eigenvalue weighted by Gasteiger charge is -1.99. The van der Waals surface area contributed by atoms with Crippen molar-refractivity contribution in [3.05, 3.63) is 0 Å². The Balaban J connectivity index is 3.22. The van der Waals surface area contributed by atoms with E-state index in [1.165, 1.54) is 6.92 Å². The third-order valence-corrected chi connectivity index (χ3v) is 2.73. The molecule has 0 aromatic heterocycles. The Morgan fingerprint density at radius 3 is 2.36 bits per heavy atom. The normalized spacial score (nSPS) is 11.6. The Kier molecular flexibility index (Phi) is 4.83. The molecule has 0 spiro atoms. The lowest BCUT2D eigenvalue weighted by Crippen LogP contribution is -2.14. The predicted octanol–water partition coefficient (Wildman–Crippen LogP) is 2.50. The van der Waals surface area contributed by atoms with E-state index in [-0.39, 0.29) is 11.5 Å². The zero-order chi connectivity index (χ0) is 8.91. The minimum Gasteiger partial charge on any atom is -0.288 e. The topological polar surface area (TPSA) is 17.1 Å². The molecule has 0 aliphatic carbocycles. The van der Waals surface area contributed by atoms with Gasteiger partial charge in [0, 0.05) is 18.7 Å². The minimum atomic E-state index is -5.35.